The monoisotopic (exact) mass is 293 g/mol. The van der Waals surface area contributed by atoms with E-state index in [4.69, 9.17) is 16.7 Å². The number of aromatic nitrogens is 1. The predicted octanol–water partition coefficient (Wildman–Crippen LogP) is 4.04. The normalized spacial score (nSPS) is 12.1. The highest BCUT2D eigenvalue weighted by molar-refractivity contribution is 7.99. The lowest BCUT2D eigenvalue weighted by Crippen LogP contribution is -2.03. The van der Waals surface area contributed by atoms with Crippen molar-refractivity contribution in [2.24, 2.45) is 0 Å². The summed E-state index contributed by atoms with van der Waals surface area (Å²) in [4.78, 5) is 15.2. The zero-order chi connectivity index (χ0) is 13.7. The molecule has 1 aromatic heterocycles. The Hall–Kier alpha value is -1.52. The van der Waals surface area contributed by atoms with Crippen LogP contribution in [0.3, 0.4) is 0 Å². The molecule has 2 rings (SSSR count). The molecule has 98 valence electrons. The zero-order valence-corrected chi connectivity index (χ0v) is 11.6. The number of carbonyl (C=O) groups is 1. The number of hydrogen-bond acceptors (Lipinski definition) is 3. The van der Waals surface area contributed by atoms with Gasteiger partial charge >= 0.3 is 5.97 Å². The Labute approximate surface area is 120 Å². The SMILES string of the molecule is O=C(O)CC(Sc1ncccc1Cl)c1ccccc1. The molecule has 1 aromatic carbocycles. The number of hydrogen-bond donors (Lipinski definition) is 1. The molecule has 0 radical (unpaired) electrons. The van der Waals surface area contributed by atoms with Gasteiger partial charge in [0.1, 0.15) is 5.03 Å². The fourth-order valence-corrected chi connectivity index (χ4v) is 2.99. The lowest BCUT2D eigenvalue weighted by Gasteiger charge is -2.14. The van der Waals surface area contributed by atoms with Gasteiger partial charge in [-0.15, -0.1) is 0 Å². The van der Waals surface area contributed by atoms with E-state index in [1.807, 2.05) is 30.3 Å². The average molecular weight is 294 g/mol. The Balaban J connectivity index is 2.24. The summed E-state index contributed by atoms with van der Waals surface area (Å²) in [6, 6.07) is 13.0. The number of carboxylic acid groups (broad SMARTS) is 1. The van der Waals surface area contributed by atoms with Gasteiger partial charge in [-0.1, -0.05) is 53.7 Å². The van der Waals surface area contributed by atoms with Gasteiger partial charge in [-0.3, -0.25) is 4.79 Å². The van der Waals surface area contributed by atoms with Crippen LogP contribution in [0.2, 0.25) is 5.02 Å². The van der Waals surface area contributed by atoms with Gasteiger partial charge in [0.15, 0.2) is 0 Å². The third kappa shape index (κ3) is 3.98. The first-order valence-electron chi connectivity index (χ1n) is 5.70. The van der Waals surface area contributed by atoms with Crippen molar-refractivity contribution in [2.75, 3.05) is 0 Å². The molecule has 0 aliphatic heterocycles. The molecule has 0 aliphatic rings. The first-order valence-corrected chi connectivity index (χ1v) is 6.96. The molecule has 0 saturated heterocycles. The van der Waals surface area contributed by atoms with Crippen molar-refractivity contribution in [3.63, 3.8) is 0 Å². The number of rotatable bonds is 5. The van der Waals surface area contributed by atoms with Crippen molar-refractivity contribution in [2.45, 2.75) is 16.7 Å². The van der Waals surface area contributed by atoms with Crippen molar-refractivity contribution < 1.29 is 9.90 Å². The summed E-state index contributed by atoms with van der Waals surface area (Å²) >= 11 is 7.43. The summed E-state index contributed by atoms with van der Waals surface area (Å²) in [5.74, 6) is -0.839. The lowest BCUT2D eigenvalue weighted by molar-refractivity contribution is -0.137. The smallest absolute Gasteiger partial charge is 0.304 e. The van der Waals surface area contributed by atoms with Gasteiger partial charge < -0.3 is 5.11 Å². The molecule has 1 atom stereocenters. The number of aliphatic carboxylic acids is 1. The Morgan fingerprint density at radius 3 is 2.63 bits per heavy atom. The molecule has 0 amide bonds. The van der Waals surface area contributed by atoms with Crippen LogP contribution in [0, 0.1) is 0 Å². The van der Waals surface area contributed by atoms with Crippen LogP contribution in [0.1, 0.15) is 17.2 Å². The first-order chi connectivity index (χ1) is 9.16. The van der Waals surface area contributed by atoms with Gasteiger partial charge in [0, 0.05) is 11.4 Å². The van der Waals surface area contributed by atoms with E-state index >= 15 is 0 Å². The first kappa shape index (κ1) is 13.9. The van der Waals surface area contributed by atoms with Crippen molar-refractivity contribution in [1.29, 1.82) is 0 Å². The Morgan fingerprint density at radius 1 is 1.26 bits per heavy atom. The molecule has 1 unspecified atom stereocenters. The standard InChI is InChI=1S/C14H12ClNO2S/c15-11-7-4-8-16-14(11)19-12(9-13(17)18)10-5-2-1-3-6-10/h1-8,12H,9H2,(H,17,18). The van der Waals surface area contributed by atoms with Crippen LogP contribution in [0.15, 0.2) is 53.7 Å². The maximum atomic E-state index is 11.0. The van der Waals surface area contributed by atoms with E-state index in [2.05, 4.69) is 4.98 Å². The van der Waals surface area contributed by atoms with Gasteiger partial charge in [0.25, 0.3) is 0 Å². The van der Waals surface area contributed by atoms with E-state index in [0.717, 1.165) is 5.56 Å². The summed E-state index contributed by atoms with van der Waals surface area (Å²) in [6.07, 6.45) is 1.68. The number of benzene rings is 1. The van der Waals surface area contributed by atoms with Crippen LogP contribution >= 0.6 is 23.4 Å². The van der Waals surface area contributed by atoms with E-state index < -0.39 is 5.97 Å². The minimum Gasteiger partial charge on any atom is -0.481 e. The summed E-state index contributed by atoms with van der Waals surface area (Å²) in [7, 11) is 0. The molecule has 0 aliphatic carbocycles. The summed E-state index contributed by atoms with van der Waals surface area (Å²) in [5, 5.41) is 10.0. The number of pyridine rings is 1. The Bertz CT molecular complexity index is 562. The second kappa shape index (κ2) is 6.59. The predicted molar refractivity (Wildman–Crippen MR) is 76.5 cm³/mol. The molecule has 0 bridgehead atoms. The summed E-state index contributed by atoms with van der Waals surface area (Å²) in [5.41, 5.74) is 0.955. The van der Waals surface area contributed by atoms with E-state index in [0.29, 0.717) is 10.0 Å². The number of halogens is 1. The van der Waals surface area contributed by atoms with Crippen molar-refractivity contribution >= 4 is 29.3 Å². The Morgan fingerprint density at radius 2 is 2.00 bits per heavy atom. The van der Waals surface area contributed by atoms with Crippen LogP contribution < -0.4 is 0 Å². The second-order valence-electron chi connectivity index (χ2n) is 3.91. The van der Waals surface area contributed by atoms with E-state index in [1.165, 1.54) is 11.8 Å². The zero-order valence-electron chi connectivity index (χ0n) is 9.99. The number of thioether (sulfide) groups is 1. The van der Waals surface area contributed by atoms with Gasteiger partial charge in [-0.05, 0) is 17.7 Å². The number of nitrogens with zero attached hydrogens (tertiary/aromatic N) is 1. The highest BCUT2D eigenvalue weighted by atomic mass is 35.5. The third-order valence-electron chi connectivity index (χ3n) is 2.51. The summed E-state index contributed by atoms with van der Waals surface area (Å²) < 4.78 is 0. The highest BCUT2D eigenvalue weighted by Gasteiger charge is 2.18. The van der Waals surface area contributed by atoms with E-state index in [9.17, 15) is 4.79 Å². The fraction of sp³-hybridized carbons (Fsp3) is 0.143. The molecule has 19 heavy (non-hydrogen) atoms. The largest absolute Gasteiger partial charge is 0.481 e. The van der Waals surface area contributed by atoms with Gasteiger partial charge in [0.05, 0.1) is 11.4 Å². The minimum atomic E-state index is -0.839. The van der Waals surface area contributed by atoms with Crippen LogP contribution in [-0.2, 0) is 4.79 Å². The van der Waals surface area contributed by atoms with Crippen molar-refractivity contribution in [1.82, 2.24) is 4.98 Å². The van der Waals surface area contributed by atoms with Crippen LogP contribution in [0.4, 0.5) is 0 Å². The molecule has 0 saturated carbocycles. The maximum absolute atomic E-state index is 11.0. The second-order valence-corrected chi connectivity index (χ2v) is 5.50. The molecular formula is C14H12ClNO2S. The van der Waals surface area contributed by atoms with Gasteiger partial charge in [-0.25, -0.2) is 4.98 Å². The maximum Gasteiger partial charge on any atom is 0.304 e. The van der Waals surface area contributed by atoms with Gasteiger partial charge in [0.2, 0.25) is 0 Å². The average Bonchev–Trinajstić information content (AvgIpc) is 2.41. The number of carboxylic acids is 1. The fourth-order valence-electron chi connectivity index (χ4n) is 1.65. The minimum absolute atomic E-state index is 0.0293. The lowest BCUT2D eigenvalue weighted by atomic mass is 10.1. The summed E-state index contributed by atoms with van der Waals surface area (Å²) in [6.45, 7) is 0. The topological polar surface area (TPSA) is 50.2 Å². The van der Waals surface area contributed by atoms with E-state index in [-0.39, 0.29) is 11.7 Å². The molecule has 2 aromatic rings. The molecular weight excluding hydrogens is 282 g/mol. The molecule has 1 heterocycles. The quantitative estimate of drug-likeness (QED) is 0.845. The Kier molecular flexibility index (Phi) is 4.82. The van der Waals surface area contributed by atoms with Crippen LogP contribution in [-0.4, -0.2) is 16.1 Å². The van der Waals surface area contributed by atoms with Crippen LogP contribution in [0.5, 0.6) is 0 Å². The molecule has 0 fully saturated rings. The van der Waals surface area contributed by atoms with Crippen molar-refractivity contribution in [3.05, 3.63) is 59.2 Å². The molecule has 5 heteroatoms. The molecule has 3 nitrogen and oxygen atoms in total. The molecule has 1 N–H and O–H groups in total. The van der Waals surface area contributed by atoms with Crippen LogP contribution in [0.25, 0.3) is 0 Å². The highest BCUT2D eigenvalue weighted by Crippen LogP contribution is 2.39. The third-order valence-corrected chi connectivity index (χ3v) is 4.20. The van der Waals surface area contributed by atoms with Crippen molar-refractivity contribution in [3.8, 4) is 0 Å². The van der Waals surface area contributed by atoms with Gasteiger partial charge in [-0.2, -0.15) is 0 Å². The van der Waals surface area contributed by atoms with E-state index in [1.54, 1.807) is 18.3 Å². The molecule has 0 spiro atoms.